The second-order valence-electron chi connectivity index (χ2n) is 6.86. The average molecular weight is 858 g/mol. The maximum Gasteiger partial charge on any atom is 4.00 e. The van der Waals surface area contributed by atoms with Gasteiger partial charge < -0.3 is 60.8 Å². The Balaban J connectivity index is -0.0000000227. The van der Waals surface area contributed by atoms with E-state index in [0.29, 0.717) is 0 Å². The van der Waals surface area contributed by atoms with Crippen LogP contribution in [0.5, 0.6) is 0 Å². The summed E-state index contributed by atoms with van der Waals surface area (Å²) in [5.41, 5.74) is 0. The Bertz CT molecular complexity index is 282. The molecule has 0 atom stereocenters. The van der Waals surface area contributed by atoms with E-state index in [4.69, 9.17) is 0 Å². The molecular weight excluding hydrogens is 791 g/mol. The van der Waals surface area contributed by atoms with Gasteiger partial charge in [-0.05, 0) is 66.7 Å². The van der Waals surface area contributed by atoms with Crippen LogP contribution in [0.25, 0.3) is 0 Å². The molecule has 0 radical (unpaired) electrons. The van der Waals surface area contributed by atoms with E-state index in [9.17, 15) is 0 Å². The second-order valence-corrected chi connectivity index (χ2v) is 6.86. The molecule has 0 saturated heterocycles. The molecule has 1 aliphatic rings. The molecule has 0 aromatic carbocycles. The summed E-state index contributed by atoms with van der Waals surface area (Å²) in [4.78, 5) is 4.28. The minimum Gasteiger partial charge on any atom is -0.358 e. The number of nitrogens with zero attached hydrogens (tertiary/aromatic N) is 2. The van der Waals surface area contributed by atoms with Crippen molar-refractivity contribution in [1.82, 2.24) is 9.80 Å². The van der Waals surface area contributed by atoms with Crippen molar-refractivity contribution in [3.8, 4) is 0 Å². The molecular formula is C31H67N2Pt2+. The molecule has 0 spiro atoms. The van der Waals surface area contributed by atoms with Gasteiger partial charge in [-0.2, -0.15) is 12.8 Å². The van der Waals surface area contributed by atoms with Crippen LogP contribution in [-0.2, 0) is 42.1 Å². The van der Waals surface area contributed by atoms with Crippen LogP contribution in [0, 0.1) is 51.0 Å². The predicted octanol–water partition coefficient (Wildman–Crippen LogP) is 9.63. The first-order chi connectivity index (χ1) is 13.4. The van der Waals surface area contributed by atoms with Crippen molar-refractivity contribution in [2.45, 2.75) is 65.2 Å². The third-order valence-electron chi connectivity index (χ3n) is 2.89. The predicted molar refractivity (Wildman–Crippen MR) is 167 cm³/mol. The molecule has 220 valence electrons. The van der Waals surface area contributed by atoms with Crippen LogP contribution in [0.2, 0.25) is 0 Å². The van der Waals surface area contributed by atoms with E-state index in [1.54, 1.807) is 0 Å². The van der Waals surface area contributed by atoms with Crippen molar-refractivity contribution in [3.63, 3.8) is 0 Å². The van der Waals surface area contributed by atoms with Gasteiger partial charge in [0.15, 0.2) is 0 Å². The van der Waals surface area contributed by atoms with Gasteiger partial charge in [0.1, 0.15) is 0 Å². The molecule has 0 unspecified atom stereocenters. The number of allylic oxidation sites excluding steroid dienone is 4. The Kier molecular flexibility index (Phi) is 154. The monoisotopic (exact) mass is 857 g/mol. The largest absolute Gasteiger partial charge is 4.00 e. The van der Waals surface area contributed by atoms with Crippen molar-refractivity contribution in [2.75, 3.05) is 41.3 Å². The fraction of sp³-hybridized carbons (Fsp3) is 0.516. The van der Waals surface area contributed by atoms with Crippen molar-refractivity contribution in [3.05, 3.63) is 101 Å². The molecule has 0 aliphatic heterocycles. The topological polar surface area (TPSA) is 6.48 Å². The average Bonchev–Trinajstić information content (AvgIpc) is 2.60. The van der Waals surface area contributed by atoms with Crippen LogP contribution in [0.3, 0.4) is 0 Å². The molecule has 0 saturated carbocycles. The molecule has 4 heteroatoms. The van der Waals surface area contributed by atoms with Crippen LogP contribution >= 0.6 is 0 Å². The van der Waals surface area contributed by atoms with Gasteiger partial charge in [0.05, 0.1) is 0 Å². The van der Waals surface area contributed by atoms with Gasteiger partial charge in [0.2, 0.25) is 0 Å². The smallest absolute Gasteiger partial charge is 0.358 e. The number of hydrogen-bond donors (Lipinski definition) is 0. The van der Waals surface area contributed by atoms with Gasteiger partial charge in [-0.25, -0.2) is 0 Å². The quantitative estimate of drug-likeness (QED) is 0.194. The summed E-state index contributed by atoms with van der Waals surface area (Å²) in [6.07, 6.45) is 22.0. The summed E-state index contributed by atoms with van der Waals surface area (Å²) in [7, 11) is 8.24. The summed E-state index contributed by atoms with van der Waals surface area (Å²) in [5.74, 6) is 0. The molecule has 0 aromatic rings. The van der Waals surface area contributed by atoms with Crippen molar-refractivity contribution in [1.29, 1.82) is 0 Å². The molecule has 1 rings (SSSR count). The van der Waals surface area contributed by atoms with Crippen LogP contribution in [0.1, 0.15) is 65.2 Å². The summed E-state index contributed by atoms with van der Waals surface area (Å²) < 4.78 is 0. The first-order valence-electron chi connectivity index (χ1n) is 10.8. The number of hydrogen-bond acceptors (Lipinski definition) is 2. The van der Waals surface area contributed by atoms with Gasteiger partial charge in [-0.3, -0.25) is 0 Å². The summed E-state index contributed by atoms with van der Waals surface area (Å²) in [6, 6.07) is 0. The van der Waals surface area contributed by atoms with E-state index >= 15 is 0 Å². The van der Waals surface area contributed by atoms with Crippen LogP contribution in [0.15, 0.2) is 49.6 Å². The van der Waals surface area contributed by atoms with Gasteiger partial charge >= 0.3 is 42.1 Å². The van der Waals surface area contributed by atoms with E-state index < -0.39 is 0 Å². The van der Waals surface area contributed by atoms with Crippen LogP contribution in [-0.4, -0.2) is 51.1 Å². The minimum absolute atomic E-state index is 0. The molecule has 0 fully saturated rings. The normalized spacial score (nSPS) is 10.3. The number of rotatable bonds is 6. The second kappa shape index (κ2) is 76.5. The standard InChI is InChI=1S/C8H12.2C6H13N.2C3H7.5CH3.2Pt/c1-2-4-6-8-7-5-3-1;2*1-4-5-6-7(2)3;2*1-3-2;;;;;;;/h1-2,7-8H,3-6H2;2*4H,1,5-6H2,2-3H3;2*1,3H2,2H3;5*1H3;;/q;;;7*-1;2*+4/b2-1-,8-7?;;;;;;;;;;;. The Labute approximate surface area is 257 Å². The zero-order valence-corrected chi connectivity index (χ0v) is 30.4. The third-order valence-corrected chi connectivity index (χ3v) is 2.89. The van der Waals surface area contributed by atoms with Crippen molar-refractivity contribution in [2.24, 2.45) is 0 Å². The third kappa shape index (κ3) is 135. The van der Waals surface area contributed by atoms with E-state index in [-0.39, 0.29) is 79.3 Å². The summed E-state index contributed by atoms with van der Waals surface area (Å²) >= 11 is 0. The molecule has 0 N–H and O–H groups in total. The molecule has 0 heterocycles. The molecule has 2 nitrogen and oxygen atoms in total. The van der Waals surface area contributed by atoms with Gasteiger partial charge in [-0.15, -0.1) is 13.2 Å². The molecule has 0 aromatic heterocycles. The van der Waals surface area contributed by atoms with Crippen molar-refractivity contribution < 1.29 is 42.1 Å². The summed E-state index contributed by atoms with van der Waals surface area (Å²) in [5, 5.41) is 0. The Morgan fingerprint density at radius 2 is 0.771 bits per heavy atom. The molecule has 35 heavy (non-hydrogen) atoms. The minimum atomic E-state index is 0. The molecule has 0 bridgehead atoms. The van der Waals surface area contributed by atoms with Crippen LogP contribution in [0.4, 0.5) is 0 Å². The van der Waals surface area contributed by atoms with E-state index in [1.807, 2.05) is 26.0 Å². The van der Waals surface area contributed by atoms with E-state index in [0.717, 1.165) is 38.8 Å². The zero-order chi connectivity index (χ0) is 22.5. The Morgan fingerprint density at radius 3 is 0.857 bits per heavy atom. The zero-order valence-electron chi connectivity index (χ0n) is 25.9. The van der Waals surface area contributed by atoms with E-state index in [1.165, 1.54) is 25.7 Å². The first-order valence-corrected chi connectivity index (χ1v) is 10.8. The van der Waals surface area contributed by atoms with Gasteiger partial charge in [0.25, 0.3) is 0 Å². The van der Waals surface area contributed by atoms with Crippen molar-refractivity contribution >= 4 is 0 Å². The van der Waals surface area contributed by atoms with Gasteiger partial charge in [0, 0.05) is 13.1 Å². The maximum atomic E-state index is 3.61. The Hall–Kier alpha value is 0.257. The summed E-state index contributed by atoms with van der Waals surface area (Å²) in [6.45, 7) is 20.4. The fourth-order valence-electron chi connectivity index (χ4n) is 1.56. The van der Waals surface area contributed by atoms with Crippen LogP contribution < -0.4 is 0 Å². The molecule has 1 aliphatic carbocycles. The van der Waals surface area contributed by atoms with Gasteiger partial charge in [-0.1, -0.05) is 50.3 Å². The first kappa shape index (κ1) is 70.3. The maximum absolute atomic E-state index is 3.61. The van der Waals surface area contributed by atoms with E-state index in [2.05, 4.69) is 89.3 Å². The molecule has 0 amide bonds. The fourth-order valence-corrected chi connectivity index (χ4v) is 1.56. The Morgan fingerprint density at radius 1 is 0.600 bits per heavy atom. The SMILES string of the molecule is C1=CCC/C=C\CC1.C=CCCN(C)C.C=CCCN(C)C.[CH2-]CC.[CH2-]CC.[CH3-].[CH3-].[CH3-].[CH3-].[CH3-].[Pt+4].[Pt+4].